The molecular weight excluding hydrogens is 354 g/mol. The first-order chi connectivity index (χ1) is 12.7. The molecule has 2 heterocycles. The minimum Gasteiger partial charge on any atom is -0.466 e. The fraction of sp³-hybridized carbons (Fsp3) is 0.556. The van der Waals surface area contributed by atoms with Gasteiger partial charge in [-0.05, 0) is 51.5 Å². The number of hydrogen-bond acceptors (Lipinski definition) is 6. The molecule has 146 valence electrons. The van der Waals surface area contributed by atoms with E-state index in [-0.39, 0.29) is 5.56 Å². The standard InChI is InChI=1S/C18H23N3O6/c1-10-4-6-18(7-5-10)16(24)21(17(25)19-18)20-14(22)9-26-15(23)13-8-11(2)27-12(13)3/h8,10H,4-7,9H2,1-3H3,(H,19,25)(H,20,22). The SMILES string of the molecule is Cc1cc(C(=O)OCC(=O)NN2C(=O)NC3(CCC(C)CC3)C2=O)c(C)o1. The monoisotopic (exact) mass is 377 g/mol. The maximum absolute atomic E-state index is 12.6. The second-order valence-electron chi connectivity index (χ2n) is 7.27. The van der Waals surface area contributed by atoms with E-state index < -0.39 is 36.0 Å². The minimum atomic E-state index is -0.945. The maximum Gasteiger partial charge on any atom is 0.344 e. The molecule has 1 aromatic rings. The largest absolute Gasteiger partial charge is 0.466 e. The number of nitrogens with one attached hydrogen (secondary N) is 2. The summed E-state index contributed by atoms with van der Waals surface area (Å²) in [7, 11) is 0. The number of carbonyl (C=O) groups excluding carboxylic acids is 4. The quantitative estimate of drug-likeness (QED) is 0.608. The molecule has 1 spiro atoms. The molecule has 1 saturated carbocycles. The molecule has 27 heavy (non-hydrogen) atoms. The van der Waals surface area contributed by atoms with Crippen LogP contribution in [0.2, 0.25) is 0 Å². The normalized spacial score (nSPS) is 24.9. The van der Waals surface area contributed by atoms with E-state index in [0.717, 1.165) is 12.8 Å². The number of hydrogen-bond donors (Lipinski definition) is 2. The smallest absolute Gasteiger partial charge is 0.344 e. The van der Waals surface area contributed by atoms with E-state index in [1.165, 1.54) is 6.07 Å². The lowest BCUT2D eigenvalue weighted by atomic mass is 9.77. The summed E-state index contributed by atoms with van der Waals surface area (Å²) in [5, 5.41) is 3.38. The molecule has 2 fully saturated rings. The number of aryl methyl sites for hydroxylation is 2. The second kappa shape index (κ2) is 7.05. The number of esters is 1. The van der Waals surface area contributed by atoms with Gasteiger partial charge in [-0.1, -0.05) is 6.92 Å². The lowest BCUT2D eigenvalue weighted by molar-refractivity contribution is -0.141. The first-order valence-electron chi connectivity index (χ1n) is 8.92. The highest BCUT2D eigenvalue weighted by Crippen LogP contribution is 2.35. The summed E-state index contributed by atoms with van der Waals surface area (Å²) in [6.45, 7) is 4.78. The molecule has 9 nitrogen and oxygen atoms in total. The van der Waals surface area contributed by atoms with Gasteiger partial charge in [-0.3, -0.25) is 15.0 Å². The van der Waals surface area contributed by atoms with Crippen LogP contribution in [-0.4, -0.2) is 41.0 Å². The van der Waals surface area contributed by atoms with Crippen LogP contribution in [0, 0.1) is 19.8 Å². The molecule has 0 unspecified atom stereocenters. The van der Waals surface area contributed by atoms with Crippen molar-refractivity contribution in [1.82, 2.24) is 15.8 Å². The van der Waals surface area contributed by atoms with Crippen molar-refractivity contribution in [1.29, 1.82) is 0 Å². The fourth-order valence-electron chi connectivity index (χ4n) is 3.51. The number of imide groups is 1. The van der Waals surface area contributed by atoms with Crippen molar-refractivity contribution in [3.05, 3.63) is 23.2 Å². The maximum atomic E-state index is 12.6. The molecule has 3 rings (SSSR count). The Kier molecular flexibility index (Phi) is 4.95. The van der Waals surface area contributed by atoms with Gasteiger partial charge in [-0.15, -0.1) is 0 Å². The third-order valence-corrected chi connectivity index (χ3v) is 5.12. The van der Waals surface area contributed by atoms with Gasteiger partial charge in [0.05, 0.1) is 0 Å². The van der Waals surface area contributed by atoms with Crippen molar-refractivity contribution in [3.8, 4) is 0 Å². The highest BCUT2D eigenvalue weighted by Gasteiger charge is 2.52. The summed E-state index contributed by atoms with van der Waals surface area (Å²) in [5.41, 5.74) is 1.50. The molecule has 9 heteroatoms. The predicted molar refractivity (Wildman–Crippen MR) is 92.3 cm³/mol. The van der Waals surface area contributed by atoms with Crippen LogP contribution in [0.3, 0.4) is 0 Å². The van der Waals surface area contributed by atoms with E-state index in [4.69, 9.17) is 9.15 Å². The summed E-state index contributed by atoms with van der Waals surface area (Å²) >= 11 is 0. The Labute approximate surface area is 156 Å². The Morgan fingerprint density at radius 1 is 1.33 bits per heavy atom. The number of amides is 4. The molecule has 0 bridgehead atoms. The zero-order chi connectivity index (χ0) is 19.8. The van der Waals surface area contributed by atoms with Crippen molar-refractivity contribution in [2.75, 3.05) is 6.61 Å². The highest BCUT2D eigenvalue weighted by molar-refractivity contribution is 6.08. The number of carbonyl (C=O) groups is 4. The molecule has 1 aliphatic heterocycles. The van der Waals surface area contributed by atoms with Crippen LogP contribution in [0.25, 0.3) is 0 Å². The molecule has 2 aliphatic rings. The number of rotatable bonds is 4. The van der Waals surface area contributed by atoms with Crippen LogP contribution in [-0.2, 0) is 14.3 Å². The first-order valence-corrected chi connectivity index (χ1v) is 8.92. The van der Waals surface area contributed by atoms with Gasteiger partial charge in [0, 0.05) is 0 Å². The van der Waals surface area contributed by atoms with Crippen molar-refractivity contribution in [2.45, 2.75) is 52.0 Å². The number of furan rings is 1. The van der Waals surface area contributed by atoms with Gasteiger partial charge in [0.25, 0.3) is 11.8 Å². The summed E-state index contributed by atoms with van der Waals surface area (Å²) in [4.78, 5) is 48.8. The van der Waals surface area contributed by atoms with Gasteiger partial charge in [-0.25, -0.2) is 9.59 Å². The zero-order valence-electron chi connectivity index (χ0n) is 15.6. The topological polar surface area (TPSA) is 118 Å². The first kappa shape index (κ1) is 18.9. The summed E-state index contributed by atoms with van der Waals surface area (Å²) in [6.07, 6.45) is 2.74. The summed E-state index contributed by atoms with van der Waals surface area (Å²) < 4.78 is 10.2. The molecule has 1 saturated heterocycles. The van der Waals surface area contributed by atoms with Gasteiger partial charge in [0.2, 0.25) is 0 Å². The Bertz CT molecular complexity index is 791. The molecule has 0 radical (unpaired) electrons. The zero-order valence-corrected chi connectivity index (χ0v) is 15.6. The van der Waals surface area contributed by atoms with Crippen LogP contribution in [0.4, 0.5) is 4.79 Å². The lowest BCUT2D eigenvalue weighted by Gasteiger charge is -2.33. The van der Waals surface area contributed by atoms with Crippen molar-refractivity contribution >= 4 is 23.8 Å². The Balaban J connectivity index is 1.56. The minimum absolute atomic E-state index is 0.227. The van der Waals surface area contributed by atoms with Crippen molar-refractivity contribution < 1.29 is 28.3 Å². The van der Waals surface area contributed by atoms with E-state index in [9.17, 15) is 19.2 Å². The van der Waals surface area contributed by atoms with Crippen LogP contribution in [0.15, 0.2) is 10.5 Å². The molecule has 1 aromatic heterocycles. The van der Waals surface area contributed by atoms with Gasteiger partial charge >= 0.3 is 12.0 Å². The van der Waals surface area contributed by atoms with Gasteiger partial charge in [0.1, 0.15) is 22.6 Å². The van der Waals surface area contributed by atoms with Gasteiger partial charge in [-0.2, -0.15) is 5.01 Å². The highest BCUT2D eigenvalue weighted by atomic mass is 16.5. The molecule has 1 aliphatic carbocycles. The predicted octanol–water partition coefficient (Wildman–Crippen LogP) is 1.59. The average Bonchev–Trinajstić information content (AvgIpc) is 3.07. The number of ether oxygens (including phenoxy) is 1. The van der Waals surface area contributed by atoms with Gasteiger partial charge in [0.15, 0.2) is 6.61 Å². The molecule has 4 amide bonds. The molecule has 2 N–H and O–H groups in total. The van der Waals surface area contributed by atoms with E-state index in [0.29, 0.717) is 35.3 Å². The van der Waals surface area contributed by atoms with E-state index in [2.05, 4.69) is 17.7 Å². The van der Waals surface area contributed by atoms with Crippen LogP contribution in [0.5, 0.6) is 0 Å². The van der Waals surface area contributed by atoms with Gasteiger partial charge < -0.3 is 14.5 Å². The number of nitrogens with zero attached hydrogens (tertiary/aromatic N) is 1. The Hall–Kier alpha value is -2.84. The molecule has 0 atom stereocenters. The third-order valence-electron chi connectivity index (χ3n) is 5.12. The molecule has 0 aromatic carbocycles. The van der Waals surface area contributed by atoms with E-state index in [1.54, 1.807) is 13.8 Å². The average molecular weight is 377 g/mol. The van der Waals surface area contributed by atoms with Crippen molar-refractivity contribution in [2.24, 2.45) is 5.92 Å². The Morgan fingerprint density at radius 2 is 2.00 bits per heavy atom. The van der Waals surface area contributed by atoms with Crippen molar-refractivity contribution in [3.63, 3.8) is 0 Å². The lowest BCUT2D eigenvalue weighted by Crippen LogP contribution is -2.52. The Morgan fingerprint density at radius 3 is 2.59 bits per heavy atom. The van der Waals surface area contributed by atoms with Crippen LogP contribution < -0.4 is 10.7 Å². The second-order valence-corrected chi connectivity index (χ2v) is 7.27. The summed E-state index contributed by atoms with van der Waals surface area (Å²) in [6, 6.07) is 0.844. The summed E-state index contributed by atoms with van der Waals surface area (Å²) in [5.74, 6) is -0.519. The van der Waals surface area contributed by atoms with E-state index >= 15 is 0 Å². The molecular formula is C18H23N3O6. The van der Waals surface area contributed by atoms with E-state index in [1.807, 2.05) is 0 Å². The van der Waals surface area contributed by atoms with Crippen LogP contribution >= 0.6 is 0 Å². The number of hydrazine groups is 1. The fourth-order valence-corrected chi connectivity index (χ4v) is 3.51. The van der Waals surface area contributed by atoms with Crippen LogP contribution in [0.1, 0.15) is 54.5 Å². The number of urea groups is 1. The third kappa shape index (κ3) is 3.67.